The summed E-state index contributed by atoms with van der Waals surface area (Å²) in [4.78, 5) is 16.9. The van der Waals surface area contributed by atoms with Crippen LogP contribution in [0.5, 0.6) is 0 Å². The van der Waals surface area contributed by atoms with Gasteiger partial charge in [0, 0.05) is 5.54 Å². The molecule has 0 radical (unpaired) electrons. The van der Waals surface area contributed by atoms with Crippen LogP contribution in [0.2, 0.25) is 5.15 Å². The minimum Gasteiger partial charge on any atom is -0.347 e. The number of aromatic nitrogens is 1. The monoisotopic (exact) mass is 304 g/mol. The van der Waals surface area contributed by atoms with Crippen molar-refractivity contribution in [2.45, 2.75) is 51.0 Å². The van der Waals surface area contributed by atoms with Crippen LogP contribution in [0.4, 0.5) is 0 Å². The lowest BCUT2D eigenvalue weighted by atomic mass is 9.53. The summed E-state index contributed by atoms with van der Waals surface area (Å²) in [6.07, 6.45) is 7.67. The molecule has 0 saturated heterocycles. The molecule has 112 valence electrons. The van der Waals surface area contributed by atoms with Crippen molar-refractivity contribution in [3.8, 4) is 0 Å². The quantitative estimate of drug-likeness (QED) is 0.846. The summed E-state index contributed by atoms with van der Waals surface area (Å²) >= 11 is 5.88. The molecule has 1 N–H and O–H groups in total. The third kappa shape index (κ3) is 2.36. The second-order valence-electron chi connectivity index (χ2n) is 7.42. The average Bonchev–Trinajstić information content (AvgIpc) is 2.35. The van der Waals surface area contributed by atoms with Crippen molar-refractivity contribution in [2.24, 2.45) is 17.8 Å². The third-order valence-electron chi connectivity index (χ3n) is 5.71. The standard InChI is InChI=1S/C17H21ClN2O/c1-10-14(2-3-15(18)19-10)16(21)20-17-7-11-4-12(8-17)6-13(5-11)9-17/h2-3,11-13H,4-9H2,1H3,(H,20,21). The summed E-state index contributed by atoms with van der Waals surface area (Å²) in [5, 5.41) is 3.82. The lowest BCUT2D eigenvalue weighted by Crippen LogP contribution is -2.59. The van der Waals surface area contributed by atoms with Gasteiger partial charge in [-0.15, -0.1) is 0 Å². The molecule has 0 aromatic carbocycles. The molecule has 4 heteroatoms. The van der Waals surface area contributed by atoms with Crippen LogP contribution in [-0.4, -0.2) is 16.4 Å². The number of amides is 1. The molecule has 1 amide bonds. The molecule has 4 fully saturated rings. The van der Waals surface area contributed by atoms with Crippen LogP contribution < -0.4 is 5.32 Å². The Bertz CT molecular complexity index is 563. The molecule has 3 nitrogen and oxygen atoms in total. The van der Waals surface area contributed by atoms with Crippen molar-refractivity contribution in [1.29, 1.82) is 0 Å². The Labute approximate surface area is 130 Å². The van der Waals surface area contributed by atoms with Gasteiger partial charge in [0.05, 0.1) is 11.3 Å². The van der Waals surface area contributed by atoms with Crippen LogP contribution in [0.25, 0.3) is 0 Å². The molecule has 0 atom stereocenters. The number of carbonyl (C=O) groups is 1. The van der Waals surface area contributed by atoms with E-state index >= 15 is 0 Å². The van der Waals surface area contributed by atoms with E-state index in [1.54, 1.807) is 12.1 Å². The predicted molar refractivity (Wildman–Crippen MR) is 82.4 cm³/mol. The summed E-state index contributed by atoms with van der Waals surface area (Å²) in [6.45, 7) is 1.85. The molecule has 1 aromatic heterocycles. The van der Waals surface area contributed by atoms with Crippen LogP contribution >= 0.6 is 11.6 Å². The van der Waals surface area contributed by atoms with E-state index in [2.05, 4.69) is 10.3 Å². The highest BCUT2D eigenvalue weighted by molar-refractivity contribution is 6.29. The predicted octanol–water partition coefficient (Wildman–Crippen LogP) is 3.74. The summed E-state index contributed by atoms with van der Waals surface area (Å²) in [7, 11) is 0. The Morgan fingerprint density at radius 3 is 2.29 bits per heavy atom. The van der Waals surface area contributed by atoms with E-state index in [1.165, 1.54) is 38.5 Å². The van der Waals surface area contributed by atoms with E-state index in [-0.39, 0.29) is 11.4 Å². The Hall–Kier alpha value is -1.09. The lowest BCUT2D eigenvalue weighted by Gasteiger charge is -2.56. The van der Waals surface area contributed by atoms with Gasteiger partial charge in [-0.2, -0.15) is 0 Å². The zero-order chi connectivity index (χ0) is 14.6. The van der Waals surface area contributed by atoms with Gasteiger partial charge >= 0.3 is 0 Å². The van der Waals surface area contributed by atoms with Crippen molar-refractivity contribution >= 4 is 17.5 Å². The molecule has 0 aliphatic heterocycles. The van der Waals surface area contributed by atoms with Crippen LogP contribution in [0.15, 0.2) is 12.1 Å². The van der Waals surface area contributed by atoms with Gasteiger partial charge < -0.3 is 5.32 Å². The fourth-order valence-electron chi connectivity index (χ4n) is 5.34. The zero-order valence-corrected chi connectivity index (χ0v) is 13.1. The molecule has 21 heavy (non-hydrogen) atoms. The molecule has 0 spiro atoms. The van der Waals surface area contributed by atoms with Crippen LogP contribution in [0.3, 0.4) is 0 Å². The molecule has 1 aromatic rings. The number of pyridine rings is 1. The number of rotatable bonds is 2. The molecule has 4 saturated carbocycles. The fraction of sp³-hybridized carbons (Fsp3) is 0.647. The number of nitrogens with one attached hydrogen (secondary N) is 1. The van der Waals surface area contributed by atoms with Gasteiger partial charge in [0.15, 0.2) is 0 Å². The van der Waals surface area contributed by atoms with E-state index in [0.717, 1.165) is 17.8 Å². The molecular weight excluding hydrogens is 284 g/mol. The van der Waals surface area contributed by atoms with Gasteiger partial charge in [0.2, 0.25) is 0 Å². The highest BCUT2D eigenvalue weighted by Gasteiger charge is 2.51. The molecular formula is C17H21ClN2O. The van der Waals surface area contributed by atoms with E-state index in [9.17, 15) is 4.79 Å². The summed E-state index contributed by atoms with van der Waals surface area (Å²) in [5.74, 6) is 2.53. The molecule has 4 aliphatic rings. The normalized spacial score (nSPS) is 36.8. The fourth-order valence-corrected chi connectivity index (χ4v) is 5.53. The van der Waals surface area contributed by atoms with Crippen molar-refractivity contribution in [2.75, 3.05) is 0 Å². The lowest BCUT2D eigenvalue weighted by molar-refractivity contribution is -0.0167. The molecule has 4 bridgehead atoms. The number of aryl methyl sites for hydroxylation is 1. The number of halogens is 1. The van der Waals surface area contributed by atoms with Gasteiger partial charge in [-0.25, -0.2) is 4.98 Å². The first-order valence-electron chi connectivity index (χ1n) is 7.99. The third-order valence-corrected chi connectivity index (χ3v) is 5.92. The molecule has 4 aliphatic carbocycles. The maximum absolute atomic E-state index is 12.7. The Kier molecular flexibility index (Phi) is 3.04. The van der Waals surface area contributed by atoms with E-state index < -0.39 is 0 Å². The maximum Gasteiger partial charge on any atom is 0.253 e. The van der Waals surface area contributed by atoms with Gasteiger partial charge in [-0.05, 0) is 75.3 Å². The van der Waals surface area contributed by atoms with Crippen LogP contribution in [-0.2, 0) is 0 Å². The van der Waals surface area contributed by atoms with Gasteiger partial charge in [-0.3, -0.25) is 4.79 Å². The van der Waals surface area contributed by atoms with Gasteiger partial charge in [0.1, 0.15) is 5.15 Å². The smallest absolute Gasteiger partial charge is 0.253 e. The topological polar surface area (TPSA) is 42.0 Å². The molecule has 1 heterocycles. The second kappa shape index (κ2) is 4.70. The number of hydrogen-bond donors (Lipinski definition) is 1. The largest absolute Gasteiger partial charge is 0.347 e. The van der Waals surface area contributed by atoms with Crippen molar-refractivity contribution in [3.63, 3.8) is 0 Å². The summed E-state index contributed by atoms with van der Waals surface area (Å²) in [6, 6.07) is 3.49. The number of nitrogens with zero attached hydrogens (tertiary/aromatic N) is 1. The van der Waals surface area contributed by atoms with Crippen LogP contribution in [0, 0.1) is 24.7 Å². The molecule has 0 unspecified atom stereocenters. The van der Waals surface area contributed by atoms with Crippen molar-refractivity contribution in [3.05, 3.63) is 28.5 Å². The minimum atomic E-state index is 0.0265. The Morgan fingerprint density at radius 2 is 1.76 bits per heavy atom. The van der Waals surface area contributed by atoms with E-state index in [0.29, 0.717) is 16.4 Å². The first-order chi connectivity index (χ1) is 10.0. The maximum atomic E-state index is 12.7. The van der Waals surface area contributed by atoms with Crippen molar-refractivity contribution < 1.29 is 4.79 Å². The van der Waals surface area contributed by atoms with E-state index in [1.807, 2.05) is 6.92 Å². The molecule has 5 rings (SSSR count). The minimum absolute atomic E-state index is 0.0265. The zero-order valence-electron chi connectivity index (χ0n) is 12.4. The first kappa shape index (κ1) is 13.6. The first-order valence-corrected chi connectivity index (χ1v) is 8.36. The van der Waals surface area contributed by atoms with Crippen LogP contribution in [0.1, 0.15) is 54.6 Å². The Balaban J connectivity index is 1.57. The van der Waals surface area contributed by atoms with E-state index in [4.69, 9.17) is 11.6 Å². The average molecular weight is 305 g/mol. The SMILES string of the molecule is Cc1nc(Cl)ccc1C(=O)NC12CC3CC(CC(C3)C1)C2. The second-order valence-corrected chi connectivity index (χ2v) is 7.81. The number of hydrogen-bond acceptors (Lipinski definition) is 2. The summed E-state index contributed by atoms with van der Waals surface area (Å²) < 4.78 is 0. The van der Waals surface area contributed by atoms with Gasteiger partial charge in [-0.1, -0.05) is 11.6 Å². The van der Waals surface area contributed by atoms with Gasteiger partial charge in [0.25, 0.3) is 5.91 Å². The highest BCUT2D eigenvalue weighted by atomic mass is 35.5. The Morgan fingerprint density at radius 1 is 1.19 bits per heavy atom. The highest BCUT2D eigenvalue weighted by Crippen LogP contribution is 2.55. The number of carbonyl (C=O) groups excluding carboxylic acids is 1. The summed E-state index contributed by atoms with van der Waals surface area (Å²) in [5.41, 5.74) is 1.43. The van der Waals surface area contributed by atoms with Crippen molar-refractivity contribution in [1.82, 2.24) is 10.3 Å².